The van der Waals surface area contributed by atoms with Crippen LogP contribution in [0, 0.1) is 0 Å². The highest BCUT2D eigenvalue weighted by Crippen LogP contribution is 2.23. The van der Waals surface area contributed by atoms with Gasteiger partial charge in [-0.15, -0.1) is 0 Å². The van der Waals surface area contributed by atoms with Crippen molar-refractivity contribution >= 4 is 15.9 Å². The molecule has 0 bridgehead atoms. The molecule has 0 atom stereocenters. The van der Waals surface area contributed by atoms with E-state index in [0.717, 1.165) is 28.8 Å². The molecule has 0 saturated heterocycles. The van der Waals surface area contributed by atoms with Crippen LogP contribution in [0.1, 0.15) is 18.9 Å². The molecule has 0 amide bonds. The molecule has 0 aromatic heterocycles. The van der Waals surface area contributed by atoms with Gasteiger partial charge >= 0.3 is 0 Å². The van der Waals surface area contributed by atoms with Crippen molar-refractivity contribution in [3.05, 3.63) is 28.2 Å². The van der Waals surface area contributed by atoms with Crippen molar-refractivity contribution < 1.29 is 9.84 Å². The summed E-state index contributed by atoms with van der Waals surface area (Å²) in [6, 6.07) is 5.87. The first-order chi connectivity index (χ1) is 6.77. The molecule has 2 nitrogen and oxygen atoms in total. The average molecular weight is 259 g/mol. The molecule has 1 rings (SSSR count). The second-order valence-corrected chi connectivity index (χ2v) is 3.99. The van der Waals surface area contributed by atoms with Gasteiger partial charge in [0.1, 0.15) is 5.75 Å². The van der Waals surface area contributed by atoms with E-state index in [0.29, 0.717) is 6.42 Å². The first-order valence-electron chi connectivity index (χ1n) is 4.80. The van der Waals surface area contributed by atoms with Gasteiger partial charge in [0.2, 0.25) is 0 Å². The molecule has 0 spiro atoms. The molecule has 0 aliphatic heterocycles. The third-order valence-electron chi connectivity index (χ3n) is 1.87. The lowest BCUT2D eigenvalue weighted by atomic mass is 10.1. The highest BCUT2D eigenvalue weighted by molar-refractivity contribution is 9.10. The number of ether oxygens (including phenoxy) is 1. The van der Waals surface area contributed by atoms with E-state index in [2.05, 4.69) is 22.9 Å². The molecule has 0 aliphatic carbocycles. The second kappa shape index (κ2) is 6.04. The molecule has 3 heteroatoms. The van der Waals surface area contributed by atoms with E-state index in [1.54, 1.807) is 0 Å². The zero-order chi connectivity index (χ0) is 10.4. The largest absolute Gasteiger partial charge is 0.493 e. The molecule has 1 aromatic rings. The highest BCUT2D eigenvalue weighted by Gasteiger charge is 2.03. The fraction of sp³-hybridized carbons (Fsp3) is 0.455. The minimum absolute atomic E-state index is 0.152. The maximum Gasteiger partial charge on any atom is 0.122 e. The van der Waals surface area contributed by atoms with Gasteiger partial charge in [0, 0.05) is 11.1 Å². The van der Waals surface area contributed by atoms with Crippen LogP contribution in [0.4, 0.5) is 0 Å². The van der Waals surface area contributed by atoms with E-state index in [4.69, 9.17) is 9.84 Å². The van der Waals surface area contributed by atoms with Gasteiger partial charge in [-0.3, -0.25) is 0 Å². The van der Waals surface area contributed by atoms with Crippen LogP contribution >= 0.6 is 15.9 Å². The number of hydrogen-bond donors (Lipinski definition) is 1. The lowest BCUT2D eigenvalue weighted by Crippen LogP contribution is -2.00. The SMILES string of the molecule is CCCOc1ccc(Br)cc1CCO. The van der Waals surface area contributed by atoms with Crippen molar-refractivity contribution in [2.75, 3.05) is 13.2 Å². The number of hydrogen-bond acceptors (Lipinski definition) is 2. The monoisotopic (exact) mass is 258 g/mol. The smallest absolute Gasteiger partial charge is 0.122 e. The number of aliphatic hydroxyl groups excluding tert-OH is 1. The number of benzene rings is 1. The van der Waals surface area contributed by atoms with Crippen molar-refractivity contribution in [3.63, 3.8) is 0 Å². The maximum absolute atomic E-state index is 8.89. The molecule has 0 saturated carbocycles. The molecule has 0 radical (unpaired) electrons. The molecule has 78 valence electrons. The van der Waals surface area contributed by atoms with Gasteiger partial charge in [-0.25, -0.2) is 0 Å². The Labute approximate surface area is 93.0 Å². The Hall–Kier alpha value is -0.540. The second-order valence-electron chi connectivity index (χ2n) is 3.07. The molecule has 0 aliphatic rings. The van der Waals surface area contributed by atoms with Gasteiger partial charge in [-0.05, 0) is 36.6 Å². The van der Waals surface area contributed by atoms with Crippen molar-refractivity contribution in [2.24, 2.45) is 0 Å². The van der Waals surface area contributed by atoms with Gasteiger partial charge in [0.05, 0.1) is 6.61 Å². The summed E-state index contributed by atoms with van der Waals surface area (Å²) in [6.45, 7) is 2.95. The lowest BCUT2D eigenvalue weighted by molar-refractivity contribution is 0.288. The van der Waals surface area contributed by atoms with E-state index in [1.165, 1.54) is 0 Å². The molecule has 0 fully saturated rings. The van der Waals surface area contributed by atoms with Gasteiger partial charge in [0.25, 0.3) is 0 Å². The summed E-state index contributed by atoms with van der Waals surface area (Å²) < 4.78 is 6.58. The van der Waals surface area contributed by atoms with Crippen molar-refractivity contribution in [3.8, 4) is 5.75 Å². The maximum atomic E-state index is 8.89. The van der Waals surface area contributed by atoms with Crippen LogP contribution in [0.15, 0.2) is 22.7 Å². The lowest BCUT2D eigenvalue weighted by Gasteiger charge is -2.10. The van der Waals surface area contributed by atoms with E-state index in [1.807, 2.05) is 18.2 Å². The summed E-state index contributed by atoms with van der Waals surface area (Å²) >= 11 is 3.40. The average Bonchev–Trinajstić information content (AvgIpc) is 2.17. The molecule has 0 heterocycles. The van der Waals surface area contributed by atoms with Crippen molar-refractivity contribution in [1.29, 1.82) is 0 Å². The van der Waals surface area contributed by atoms with Gasteiger partial charge < -0.3 is 9.84 Å². The van der Waals surface area contributed by atoms with Crippen LogP contribution in [-0.4, -0.2) is 18.3 Å². The van der Waals surface area contributed by atoms with Crippen LogP contribution in [-0.2, 0) is 6.42 Å². The van der Waals surface area contributed by atoms with Crippen LogP contribution in [0.5, 0.6) is 5.75 Å². The minimum atomic E-state index is 0.152. The Morgan fingerprint density at radius 1 is 1.43 bits per heavy atom. The van der Waals surface area contributed by atoms with Crippen LogP contribution in [0.2, 0.25) is 0 Å². The Bertz CT molecular complexity index is 287. The van der Waals surface area contributed by atoms with Crippen LogP contribution in [0.3, 0.4) is 0 Å². The summed E-state index contributed by atoms with van der Waals surface area (Å²) in [5, 5.41) is 8.89. The van der Waals surface area contributed by atoms with Gasteiger partial charge in [-0.1, -0.05) is 22.9 Å². The quantitative estimate of drug-likeness (QED) is 0.881. The number of rotatable bonds is 5. The summed E-state index contributed by atoms with van der Waals surface area (Å²) in [4.78, 5) is 0. The standard InChI is InChI=1S/C11H15BrO2/c1-2-7-14-11-4-3-10(12)8-9(11)5-6-13/h3-4,8,13H,2,5-7H2,1H3. The molecule has 14 heavy (non-hydrogen) atoms. The summed E-state index contributed by atoms with van der Waals surface area (Å²) in [5.74, 6) is 0.879. The third kappa shape index (κ3) is 3.31. The van der Waals surface area contributed by atoms with Gasteiger partial charge in [0.15, 0.2) is 0 Å². The fourth-order valence-electron chi connectivity index (χ4n) is 1.22. The predicted molar refractivity (Wildman–Crippen MR) is 60.7 cm³/mol. The Morgan fingerprint density at radius 3 is 2.86 bits per heavy atom. The topological polar surface area (TPSA) is 29.5 Å². The van der Waals surface area contributed by atoms with Crippen molar-refractivity contribution in [2.45, 2.75) is 19.8 Å². The number of halogens is 1. The highest BCUT2D eigenvalue weighted by atomic mass is 79.9. The van der Waals surface area contributed by atoms with Crippen LogP contribution in [0.25, 0.3) is 0 Å². The Balaban J connectivity index is 2.78. The molecular formula is C11H15BrO2. The van der Waals surface area contributed by atoms with E-state index in [9.17, 15) is 0 Å². The Kier molecular flexibility index (Phi) is 4.98. The van der Waals surface area contributed by atoms with E-state index in [-0.39, 0.29) is 6.61 Å². The first kappa shape index (κ1) is 11.5. The molecular weight excluding hydrogens is 244 g/mol. The zero-order valence-electron chi connectivity index (χ0n) is 8.29. The normalized spacial score (nSPS) is 10.2. The number of aliphatic hydroxyl groups is 1. The molecule has 1 aromatic carbocycles. The van der Waals surface area contributed by atoms with E-state index >= 15 is 0 Å². The summed E-state index contributed by atoms with van der Waals surface area (Å²) in [7, 11) is 0. The third-order valence-corrected chi connectivity index (χ3v) is 2.36. The first-order valence-corrected chi connectivity index (χ1v) is 5.59. The van der Waals surface area contributed by atoms with Crippen molar-refractivity contribution in [1.82, 2.24) is 0 Å². The summed E-state index contributed by atoms with van der Waals surface area (Å²) in [6.07, 6.45) is 1.63. The summed E-state index contributed by atoms with van der Waals surface area (Å²) in [5.41, 5.74) is 1.05. The minimum Gasteiger partial charge on any atom is -0.493 e. The van der Waals surface area contributed by atoms with Gasteiger partial charge in [-0.2, -0.15) is 0 Å². The fourth-order valence-corrected chi connectivity index (χ4v) is 1.63. The zero-order valence-corrected chi connectivity index (χ0v) is 9.88. The molecule has 1 N–H and O–H groups in total. The van der Waals surface area contributed by atoms with E-state index < -0.39 is 0 Å². The predicted octanol–water partition coefficient (Wildman–Crippen LogP) is 2.77. The Morgan fingerprint density at radius 2 is 2.21 bits per heavy atom. The van der Waals surface area contributed by atoms with Crippen LogP contribution < -0.4 is 4.74 Å². The molecule has 0 unspecified atom stereocenters.